The quantitative estimate of drug-likeness (QED) is 0.594. The maximum absolute atomic E-state index is 10.8. The Morgan fingerprint density at radius 2 is 1.82 bits per heavy atom. The summed E-state index contributed by atoms with van der Waals surface area (Å²) in [6, 6.07) is 0. The molecule has 0 unspecified atom stereocenters. The molecule has 0 spiro atoms. The van der Waals surface area contributed by atoms with Gasteiger partial charge in [-0.15, -0.1) is 0 Å². The number of hydrogen-bond acceptors (Lipinski definition) is 3. The average Bonchev–Trinajstić information content (AvgIpc) is 1.85. The van der Waals surface area contributed by atoms with Crippen LogP contribution < -0.4 is 0 Å². The minimum atomic E-state index is -0.575. The Hall–Kier alpha value is -0.730. The molecule has 0 aromatic carbocycles. The van der Waals surface area contributed by atoms with Crippen LogP contribution in [0.3, 0.4) is 0 Å². The van der Waals surface area contributed by atoms with Gasteiger partial charge in [0, 0.05) is 0 Å². The molecule has 0 N–H and O–H groups in total. The molecular weight excluding hydrogens is 144 g/mol. The van der Waals surface area contributed by atoms with Crippen LogP contribution in [0.2, 0.25) is 0 Å². The Labute approximate surface area is 67.7 Å². The van der Waals surface area contributed by atoms with Gasteiger partial charge in [-0.2, -0.15) is 0 Å². The van der Waals surface area contributed by atoms with Gasteiger partial charge in [0.25, 0.3) is 0 Å². The molecule has 3 heteroatoms. The Balaban J connectivity index is 3.52. The molecule has 0 saturated carbocycles. The van der Waals surface area contributed by atoms with Crippen LogP contribution in [0.15, 0.2) is 0 Å². The third-order valence-electron chi connectivity index (χ3n) is 1.20. The normalized spacial score (nSPS) is 12.8. The monoisotopic (exact) mass is 160 g/mol. The first-order valence-electron chi connectivity index (χ1n) is 3.93. The summed E-state index contributed by atoms with van der Waals surface area (Å²) in [5, 5.41) is 0. The van der Waals surface area contributed by atoms with E-state index in [1.807, 2.05) is 13.8 Å². The smallest absolute Gasteiger partial charge is 0.432 e. The van der Waals surface area contributed by atoms with Crippen molar-refractivity contribution in [3.8, 4) is 0 Å². The van der Waals surface area contributed by atoms with Gasteiger partial charge in [-0.3, -0.25) is 0 Å². The van der Waals surface area contributed by atoms with E-state index in [-0.39, 0.29) is 12.2 Å². The second-order valence-electron chi connectivity index (χ2n) is 2.75. The lowest BCUT2D eigenvalue weighted by molar-refractivity contribution is 0.0112. The predicted molar refractivity (Wildman–Crippen MR) is 42.5 cm³/mol. The first-order chi connectivity index (χ1) is 5.06. The molecule has 0 heterocycles. The van der Waals surface area contributed by atoms with Crippen molar-refractivity contribution in [2.45, 2.75) is 46.3 Å². The van der Waals surface area contributed by atoms with E-state index in [1.54, 1.807) is 13.8 Å². The van der Waals surface area contributed by atoms with Crippen LogP contribution in [0.25, 0.3) is 0 Å². The SMILES string of the molecule is CC[C@@H](C)OC(=O)OC(C)C. The summed E-state index contributed by atoms with van der Waals surface area (Å²) >= 11 is 0. The maximum atomic E-state index is 10.8. The minimum absolute atomic E-state index is 0.0544. The molecule has 0 radical (unpaired) electrons. The zero-order chi connectivity index (χ0) is 8.85. The lowest BCUT2D eigenvalue weighted by Crippen LogP contribution is -2.18. The highest BCUT2D eigenvalue weighted by atomic mass is 16.7. The summed E-state index contributed by atoms with van der Waals surface area (Å²) in [5.74, 6) is 0. The Kier molecular flexibility index (Phi) is 4.66. The summed E-state index contributed by atoms with van der Waals surface area (Å²) in [5.41, 5.74) is 0. The highest BCUT2D eigenvalue weighted by Crippen LogP contribution is 2.00. The van der Waals surface area contributed by atoms with E-state index >= 15 is 0 Å². The van der Waals surface area contributed by atoms with Crippen molar-refractivity contribution in [3.05, 3.63) is 0 Å². The summed E-state index contributed by atoms with van der Waals surface area (Å²) in [6.07, 6.45) is 0.0786. The van der Waals surface area contributed by atoms with Gasteiger partial charge in [0.2, 0.25) is 0 Å². The minimum Gasteiger partial charge on any atom is -0.432 e. The maximum Gasteiger partial charge on any atom is 0.508 e. The van der Waals surface area contributed by atoms with Crippen LogP contribution in [0.5, 0.6) is 0 Å². The summed E-state index contributed by atoms with van der Waals surface area (Å²) in [6.45, 7) is 7.37. The van der Waals surface area contributed by atoms with E-state index < -0.39 is 6.16 Å². The van der Waals surface area contributed by atoms with Crippen molar-refractivity contribution in [1.82, 2.24) is 0 Å². The van der Waals surface area contributed by atoms with E-state index in [1.165, 1.54) is 0 Å². The molecule has 66 valence electrons. The van der Waals surface area contributed by atoms with Gasteiger partial charge in [-0.25, -0.2) is 4.79 Å². The van der Waals surface area contributed by atoms with Crippen molar-refractivity contribution in [1.29, 1.82) is 0 Å². The third-order valence-corrected chi connectivity index (χ3v) is 1.20. The number of hydrogen-bond donors (Lipinski definition) is 0. The van der Waals surface area contributed by atoms with Crippen LogP contribution in [0.1, 0.15) is 34.1 Å². The zero-order valence-electron chi connectivity index (χ0n) is 7.59. The summed E-state index contributed by atoms with van der Waals surface area (Å²) in [7, 11) is 0. The Morgan fingerprint density at radius 1 is 1.27 bits per heavy atom. The van der Waals surface area contributed by atoms with Crippen molar-refractivity contribution in [2.24, 2.45) is 0 Å². The van der Waals surface area contributed by atoms with Crippen LogP contribution in [-0.4, -0.2) is 18.4 Å². The number of rotatable bonds is 3. The number of carbonyl (C=O) groups excluding carboxylic acids is 1. The van der Waals surface area contributed by atoms with Gasteiger partial charge in [-0.1, -0.05) is 6.92 Å². The predicted octanol–water partition coefficient (Wildman–Crippen LogP) is 2.35. The molecule has 0 fully saturated rings. The lowest BCUT2D eigenvalue weighted by Gasteiger charge is -2.12. The largest absolute Gasteiger partial charge is 0.508 e. The highest BCUT2D eigenvalue weighted by molar-refractivity contribution is 5.60. The molecule has 3 nitrogen and oxygen atoms in total. The van der Waals surface area contributed by atoms with Gasteiger partial charge in [0.05, 0.1) is 6.10 Å². The van der Waals surface area contributed by atoms with Gasteiger partial charge >= 0.3 is 6.16 Å². The van der Waals surface area contributed by atoms with Gasteiger partial charge < -0.3 is 9.47 Å². The molecule has 0 bridgehead atoms. The van der Waals surface area contributed by atoms with E-state index in [4.69, 9.17) is 9.47 Å². The molecule has 0 aliphatic carbocycles. The highest BCUT2D eigenvalue weighted by Gasteiger charge is 2.09. The van der Waals surface area contributed by atoms with Crippen molar-refractivity contribution in [2.75, 3.05) is 0 Å². The third kappa shape index (κ3) is 5.70. The number of ether oxygens (including phenoxy) is 2. The van der Waals surface area contributed by atoms with Crippen molar-refractivity contribution >= 4 is 6.16 Å². The summed E-state index contributed by atoms with van der Waals surface area (Å²) in [4.78, 5) is 10.8. The fourth-order valence-electron chi connectivity index (χ4n) is 0.468. The second kappa shape index (κ2) is 4.99. The van der Waals surface area contributed by atoms with Gasteiger partial charge in [0.15, 0.2) is 0 Å². The second-order valence-corrected chi connectivity index (χ2v) is 2.75. The van der Waals surface area contributed by atoms with Crippen molar-refractivity contribution < 1.29 is 14.3 Å². The van der Waals surface area contributed by atoms with Crippen LogP contribution in [0.4, 0.5) is 4.79 Å². The average molecular weight is 160 g/mol. The molecule has 0 aromatic rings. The van der Waals surface area contributed by atoms with Gasteiger partial charge in [-0.05, 0) is 27.2 Å². The molecule has 0 saturated heterocycles. The fourth-order valence-corrected chi connectivity index (χ4v) is 0.468. The molecule has 11 heavy (non-hydrogen) atoms. The van der Waals surface area contributed by atoms with E-state index in [0.29, 0.717) is 0 Å². The molecule has 0 aromatic heterocycles. The first kappa shape index (κ1) is 10.3. The molecule has 0 amide bonds. The van der Waals surface area contributed by atoms with Crippen LogP contribution >= 0.6 is 0 Å². The fraction of sp³-hybridized carbons (Fsp3) is 0.875. The van der Waals surface area contributed by atoms with Crippen molar-refractivity contribution in [3.63, 3.8) is 0 Å². The number of carbonyl (C=O) groups is 1. The standard InChI is InChI=1S/C8H16O3/c1-5-7(4)11-8(9)10-6(2)3/h6-7H,5H2,1-4H3/t7-/m1/s1. The molecule has 0 rings (SSSR count). The van der Waals surface area contributed by atoms with E-state index in [0.717, 1.165) is 6.42 Å². The zero-order valence-corrected chi connectivity index (χ0v) is 7.59. The topological polar surface area (TPSA) is 35.5 Å². The lowest BCUT2D eigenvalue weighted by atomic mass is 10.3. The molecular formula is C8H16O3. The Morgan fingerprint density at radius 3 is 2.18 bits per heavy atom. The van der Waals surface area contributed by atoms with Gasteiger partial charge in [0.1, 0.15) is 6.10 Å². The molecule has 0 aliphatic heterocycles. The summed E-state index contributed by atoms with van der Waals surface area (Å²) < 4.78 is 9.61. The molecule has 0 aliphatic rings. The van der Waals surface area contributed by atoms with E-state index in [9.17, 15) is 4.79 Å². The Bertz CT molecular complexity index is 121. The molecule has 1 atom stereocenters. The first-order valence-corrected chi connectivity index (χ1v) is 3.93. The van der Waals surface area contributed by atoms with E-state index in [2.05, 4.69) is 0 Å². The van der Waals surface area contributed by atoms with Crippen LogP contribution in [-0.2, 0) is 9.47 Å². The van der Waals surface area contributed by atoms with Crippen LogP contribution in [0, 0.1) is 0 Å².